The van der Waals surface area contributed by atoms with Gasteiger partial charge in [0, 0.05) is 7.05 Å². The Morgan fingerprint density at radius 1 is 1.15 bits per heavy atom. The Balaban J connectivity index is 1.53. The van der Waals surface area contributed by atoms with Crippen LogP contribution in [0.5, 0.6) is 0 Å². The van der Waals surface area contributed by atoms with Gasteiger partial charge in [-0.15, -0.1) is 0 Å². The van der Waals surface area contributed by atoms with Crippen LogP contribution in [0, 0.1) is 5.92 Å². The van der Waals surface area contributed by atoms with Crippen molar-refractivity contribution in [3.05, 3.63) is 34.9 Å². The van der Waals surface area contributed by atoms with Crippen LogP contribution < -0.4 is 0 Å². The fraction of sp³-hybridized carbons (Fsp3) is 0.500. The summed E-state index contributed by atoms with van der Waals surface area (Å²) < 4.78 is 42.4. The number of hydrogen-bond donors (Lipinski definition) is 0. The number of alkyl halides is 3. The smallest absolute Gasteiger partial charge is 0.401 e. The third-order valence-corrected chi connectivity index (χ3v) is 4.89. The number of hydrogen-bond acceptors (Lipinski definition) is 5. The monoisotopic (exact) mass is 384 g/mol. The standard InChI is InChI=1S/C18H19F3N2O4/c1-22-15(24)13-3-2-12(8-14(13)16(22)25)17(26)27-9-11-4-6-23(7-5-11)10-18(19,20)21/h2-3,8,11H,4-7,9-10H2,1H3. The van der Waals surface area contributed by atoms with Gasteiger partial charge in [0.15, 0.2) is 0 Å². The maximum absolute atomic E-state index is 12.4. The fourth-order valence-electron chi connectivity index (χ4n) is 3.33. The quantitative estimate of drug-likeness (QED) is 0.589. The predicted octanol–water partition coefficient (Wildman–Crippen LogP) is 2.34. The van der Waals surface area contributed by atoms with E-state index in [1.807, 2.05) is 0 Å². The number of ether oxygens (including phenoxy) is 1. The molecule has 2 aliphatic heterocycles. The molecule has 1 aromatic rings. The van der Waals surface area contributed by atoms with Gasteiger partial charge in [-0.1, -0.05) is 0 Å². The van der Waals surface area contributed by atoms with E-state index in [4.69, 9.17) is 4.74 Å². The molecule has 0 aliphatic carbocycles. The Bertz CT molecular complexity index is 770. The lowest BCUT2D eigenvalue weighted by Crippen LogP contribution is -2.40. The summed E-state index contributed by atoms with van der Waals surface area (Å²) in [6, 6.07) is 4.19. The molecular formula is C18H19F3N2O4. The van der Waals surface area contributed by atoms with Gasteiger partial charge in [-0.2, -0.15) is 13.2 Å². The molecule has 3 rings (SSSR count). The Morgan fingerprint density at radius 3 is 2.41 bits per heavy atom. The van der Waals surface area contributed by atoms with Gasteiger partial charge in [-0.05, 0) is 50.0 Å². The fourth-order valence-corrected chi connectivity index (χ4v) is 3.33. The number of carbonyl (C=O) groups excluding carboxylic acids is 3. The zero-order chi connectivity index (χ0) is 19.8. The Kier molecular flexibility index (Phi) is 5.23. The highest BCUT2D eigenvalue weighted by atomic mass is 19.4. The van der Waals surface area contributed by atoms with Crippen molar-refractivity contribution in [1.29, 1.82) is 0 Å². The molecule has 0 saturated carbocycles. The molecule has 146 valence electrons. The number of amides is 2. The first-order chi connectivity index (χ1) is 12.7. The van der Waals surface area contributed by atoms with Crippen LogP contribution in [0.4, 0.5) is 13.2 Å². The van der Waals surface area contributed by atoms with Crippen LogP contribution >= 0.6 is 0 Å². The van der Waals surface area contributed by atoms with Crippen molar-refractivity contribution in [1.82, 2.24) is 9.80 Å². The van der Waals surface area contributed by atoms with E-state index < -0.39 is 30.5 Å². The second kappa shape index (κ2) is 7.30. The average Bonchev–Trinajstić information content (AvgIpc) is 2.83. The molecule has 0 atom stereocenters. The summed E-state index contributed by atoms with van der Waals surface area (Å²) in [5, 5.41) is 0. The predicted molar refractivity (Wildman–Crippen MR) is 88.4 cm³/mol. The van der Waals surface area contributed by atoms with Crippen molar-refractivity contribution < 1.29 is 32.3 Å². The molecule has 0 spiro atoms. The van der Waals surface area contributed by atoms with E-state index in [0.29, 0.717) is 25.9 Å². The Morgan fingerprint density at radius 2 is 1.78 bits per heavy atom. The molecule has 2 heterocycles. The van der Waals surface area contributed by atoms with Gasteiger partial charge in [0.2, 0.25) is 0 Å². The van der Waals surface area contributed by atoms with Crippen molar-refractivity contribution in [2.24, 2.45) is 5.92 Å². The highest BCUT2D eigenvalue weighted by Gasteiger charge is 2.34. The number of imide groups is 1. The number of fused-ring (bicyclic) bond motifs is 1. The largest absolute Gasteiger partial charge is 0.462 e. The number of piperidine rings is 1. The van der Waals surface area contributed by atoms with Gasteiger partial charge in [-0.3, -0.25) is 19.4 Å². The molecule has 2 amide bonds. The number of esters is 1. The first kappa shape index (κ1) is 19.3. The maximum atomic E-state index is 12.4. The maximum Gasteiger partial charge on any atom is 0.401 e. The van der Waals surface area contributed by atoms with Crippen LogP contribution in [0.3, 0.4) is 0 Å². The van der Waals surface area contributed by atoms with Crippen LogP contribution in [-0.2, 0) is 4.74 Å². The number of likely N-dealkylation sites (tertiary alicyclic amines) is 1. The highest BCUT2D eigenvalue weighted by Crippen LogP contribution is 2.25. The van der Waals surface area contributed by atoms with E-state index in [2.05, 4.69) is 0 Å². The highest BCUT2D eigenvalue weighted by molar-refractivity contribution is 6.21. The number of rotatable bonds is 4. The van der Waals surface area contributed by atoms with Gasteiger partial charge >= 0.3 is 12.1 Å². The van der Waals surface area contributed by atoms with Crippen LogP contribution in [0.25, 0.3) is 0 Å². The molecule has 0 bridgehead atoms. The Hall–Kier alpha value is -2.42. The molecule has 9 heteroatoms. The van der Waals surface area contributed by atoms with Crippen molar-refractivity contribution in [3.8, 4) is 0 Å². The number of nitrogens with zero attached hydrogens (tertiary/aromatic N) is 2. The summed E-state index contributed by atoms with van der Waals surface area (Å²) in [6.07, 6.45) is -3.17. The van der Waals surface area contributed by atoms with Crippen molar-refractivity contribution in [3.63, 3.8) is 0 Å². The third kappa shape index (κ3) is 4.29. The van der Waals surface area contributed by atoms with Gasteiger partial charge < -0.3 is 4.74 Å². The van der Waals surface area contributed by atoms with Crippen LogP contribution in [-0.4, -0.2) is 67.0 Å². The van der Waals surface area contributed by atoms with Gasteiger partial charge in [-0.25, -0.2) is 4.79 Å². The minimum atomic E-state index is -4.21. The lowest BCUT2D eigenvalue weighted by molar-refractivity contribution is -0.148. The molecule has 2 aliphatic rings. The van der Waals surface area contributed by atoms with Crippen LogP contribution in [0.1, 0.15) is 43.9 Å². The minimum absolute atomic E-state index is 0.00204. The van der Waals surface area contributed by atoms with Gasteiger partial charge in [0.25, 0.3) is 11.8 Å². The van der Waals surface area contributed by atoms with Gasteiger partial charge in [0.1, 0.15) is 0 Å². The van der Waals surface area contributed by atoms with E-state index in [0.717, 1.165) is 4.90 Å². The SMILES string of the molecule is CN1C(=O)c2ccc(C(=O)OCC3CCN(CC(F)(F)F)CC3)cc2C1=O. The Labute approximate surface area is 153 Å². The number of carbonyl (C=O) groups is 3. The van der Waals surface area contributed by atoms with E-state index in [1.165, 1.54) is 30.1 Å². The molecule has 0 unspecified atom stereocenters. The molecule has 6 nitrogen and oxygen atoms in total. The first-order valence-corrected chi connectivity index (χ1v) is 8.58. The minimum Gasteiger partial charge on any atom is -0.462 e. The molecular weight excluding hydrogens is 365 g/mol. The van der Waals surface area contributed by atoms with Crippen molar-refractivity contribution in [2.75, 3.05) is 33.3 Å². The number of halogens is 3. The third-order valence-electron chi connectivity index (χ3n) is 4.89. The van der Waals surface area contributed by atoms with E-state index in [1.54, 1.807) is 0 Å². The zero-order valence-corrected chi connectivity index (χ0v) is 14.7. The lowest BCUT2D eigenvalue weighted by atomic mass is 9.98. The van der Waals surface area contributed by atoms with E-state index >= 15 is 0 Å². The second-order valence-corrected chi connectivity index (χ2v) is 6.86. The summed E-state index contributed by atoms with van der Waals surface area (Å²) in [4.78, 5) is 38.4. The van der Waals surface area contributed by atoms with Crippen molar-refractivity contribution in [2.45, 2.75) is 19.0 Å². The van der Waals surface area contributed by atoms with Crippen LogP contribution in [0.2, 0.25) is 0 Å². The summed E-state index contributed by atoms with van der Waals surface area (Å²) in [5.74, 6) is -1.50. The molecule has 1 saturated heterocycles. The molecule has 0 aromatic heterocycles. The second-order valence-electron chi connectivity index (χ2n) is 6.86. The normalized spacial score (nSPS) is 18.7. The van der Waals surface area contributed by atoms with Crippen molar-refractivity contribution >= 4 is 17.8 Å². The molecule has 27 heavy (non-hydrogen) atoms. The number of benzene rings is 1. The summed E-state index contributed by atoms with van der Waals surface area (Å²) in [6.45, 7) is -0.189. The zero-order valence-electron chi connectivity index (χ0n) is 14.7. The molecule has 0 radical (unpaired) electrons. The molecule has 0 N–H and O–H groups in total. The summed E-state index contributed by atoms with van der Waals surface area (Å²) >= 11 is 0. The molecule has 1 aromatic carbocycles. The summed E-state index contributed by atoms with van der Waals surface area (Å²) in [7, 11) is 1.37. The summed E-state index contributed by atoms with van der Waals surface area (Å²) in [5.41, 5.74) is 0.577. The molecule has 1 fully saturated rings. The lowest BCUT2D eigenvalue weighted by Gasteiger charge is -2.31. The van der Waals surface area contributed by atoms with E-state index in [9.17, 15) is 27.6 Å². The van der Waals surface area contributed by atoms with E-state index in [-0.39, 0.29) is 29.2 Å². The topological polar surface area (TPSA) is 66.9 Å². The first-order valence-electron chi connectivity index (χ1n) is 8.58. The van der Waals surface area contributed by atoms with Crippen LogP contribution in [0.15, 0.2) is 18.2 Å². The van der Waals surface area contributed by atoms with Gasteiger partial charge in [0.05, 0.1) is 29.8 Å². The average molecular weight is 384 g/mol.